The number of nitrogens with one attached hydrogen (secondary N) is 1. The summed E-state index contributed by atoms with van der Waals surface area (Å²) in [5.74, 6) is 0.299. The summed E-state index contributed by atoms with van der Waals surface area (Å²) in [6.45, 7) is 5.53. The van der Waals surface area contributed by atoms with Crippen LogP contribution in [0, 0.1) is 6.92 Å². The van der Waals surface area contributed by atoms with Gasteiger partial charge in [0, 0.05) is 21.7 Å². The van der Waals surface area contributed by atoms with Crippen molar-refractivity contribution in [3.05, 3.63) is 58.3 Å². The molecule has 2 heterocycles. The van der Waals surface area contributed by atoms with Gasteiger partial charge in [-0.05, 0) is 57.2 Å². The molecule has 1 amide bonds. The Morgan fingerprint density at radius 3 is 2.56 bits per heavy atom. The molecule has 1 N–H and O–H groups in total. The first-order valence-corrected chi connectivity index (χ1v) is 8.98. The van der Waals surface area contributed by atoms with Gasteiger partial charge in [-0.25, -0.2) is 0 Å². The van der Waals surface area contributed by atoms with Crippen LogP contribution in [0.5, 0.6) is 5.75 Å². The van der Waals surface area contributed by atoms with Gasteiger partial charge >= 0.3 is 0 Å². The maximum absolute atomic E-state index is 12.7. The van der Waals surface area contributed by atoms with Gasteiger partial charge in [0.2, 0.25) is 0 Å². The van der Waals surface area contributed by atoms with Gasteiger partial charge in [-0.1, -0.05) is 11.6 Å². The van der Waals surface area contributed by atoms with Gasteiger partial charge < -0.3 is 14.5 Å². The lowest BCUT2D eigenvalue weighted by molar-refractivity contribution is 0.0623. The third-order valence-corrected chi connectivity index (χ3v) is 4.87. The number of aryl methyl sites for hydroxylation is 1. The summed E-state index contributed by atoms with van der Waals surface area (Å²) in [5.41, 5.74) is 1.64. The number of Topliss-reactive ketones (excluding diaryl/α,β-unsaturated/α-hetero) is 1. The number of halogens is 1. The van der Waals surface area contributed by atoms with Crippen LogP contribution in [0.1, 0.15) is 46.7 Å². The molecule has 1 aliphatic rings. The summed E-state index contributed by atoms with van der Waals surface area (Å²) < 4.78 is 11.7. The average molecular weight is 384 g/mol. The summed E-state index contributed by atoms with van der Waals surface area (Å²) in [5, 5.41) is 4.00. The van der Waals surface area contributed by atoms with Gasteiger partial charge in [-0.3, -0.25) is 9.59 Å². The van der Waals surface area contributed by atoms with E-state index in [9.17, 15) is 9.59 Å². The third-order valence-electron chi connectivity index (χ3n) is 4.62. The fraction of sp³-hybridized carbons (Fsp3) is 0.238. The van der Waals surface area contributed by atoms with E-state index in [2.05, 4.69) is 5.32 Å². The molecular formula is C21H18ClNO4. The highest BCUT2D eigenvalue weighted by atomic mass is 35.5. The number of ether oxygens (including phenoxy) is 1. The Labute approximate surface area is 161 Å². The number of amides is 1. The fourth-order valence-electron chi connectivity index (χ4n) is 3.43. The SMILES string of the molecule is Cc1c(C(=O)Nc2ccc(Cl)cc2)oc2ccc3c(c12)C(=O)CC(C)(C)O3. The molecule has 4 rings (SSSR count). The molecule has 5 nitrogen and oxygen atoms in total. The molecule has 0 atom stereocenters. The molecule has 1 aromatic heterocycles. The maximum Gasteiger partial charge on any atom is 0.291 e. The van der Waals surface area contributed by atoms with Crippen LogP contribution in [0.3, 0.4) is 0 Å². The number of rotatable bonds is 2. The Hall–Kier alpha value is -2.79. The van der Waals surface area contributed by atoms with E-state index in [1.54, 1.807) is 43.3 Å². The van der Waals surface area contributed by atoms with Gasteiger partial charge in [0.15, 0.2) is 11.5 Å². The van der Waals surface area contributed by atoms with Gasteiger partial charge in [0.05, 0.1) is 12.0 Å². The van der Waals surface area contributed by atoms with Crippen molar-refractivity contribution < 1.29 is 18.7 Å². The fourth-order valence-corrected chi connectivity index (χ4v) is 3.56. The van der Waals surface area contributed by atoms with Gasteiger partial charge in [-0.15, -0.1) is 0 Å². The second kappa shape index (κ2) is 6.13. The number of hydrogen-bond acceptors (Lipinski definition) is 4. The first kappa shape index (κ1) is 17.6. The maximum atomic E-state index is 12.7. The Morgan fingerprint density at radius 2 is 1.85 bits per heavy atom. The standard InChI is InChI=1S/C21H18ClNO4/c1-11-17-15(8-9-16-18(17)14(24)10-21(2,3)27-16)26-19(11)20(25)23-13-6-4-12(22)5-7-13/h4-9H,10H2,1-3H3,(H,23,25). The van der Waals surface area contributed by atoms with Crippen LogP contribution >= 0.6 is 11.6 Å². The summed E-state index contributed by atoms with van der Waals surface area (Å²) in [6.07, 6.45) is 0.274. The number of benzene rings is 2. The normalized spacial score (nSPS) is 15.3. The molecule has 0 spiro atoms. The predicted octanol–water partition coefficient (Wildman–Crippen LogP) is 5.39. The smallest absolute Gasteiger partial charge is 0.291 e. The van der Waals surface area contributed by atoms with E-state index in [1.807, 2.05) is 13.8 Å². The minimum absolute atomic E-state index is 0.0135. The number of fused-ring (bicyclic) bond motifs is 3. The minimum Gasteiger partial charge on any atom is -0.487 e. The van der Waals surface area contributed by atoms with E-state index in [4.69, 9.17) is 20.8 Å². The quantitative estimate of drug-likeness (QED) is 0.644. The molecule has 0 unspecified atom stereocenters. The molecule has 0 aliphatic carbocycles. The third kappa shape index (κ3) is 3.08. The highest BCUT2D eigenvalue weighted by Crippen LogP contribution is 2.40. The van der Waals surface area contributed by atoms with Crippen LogP contribution in [0.25, 0.3) is 11.0 Å². The van der Waals surface area contributed by atoms with Gasteiger partial charge in [0.1, 0.15) is 16.9 Å². The molecular weight excluding hydrogens is 366 g/mol. The second-order valence-electron chi connectivity index (χ2n) is 7.29. The van der Waals surface area contributed by atoms with Crippen molar-refractivity contribution in [3.8, 4) is 5.75 Å². The summed E-state index contributed by atoms with van der Waals surface area (Å²) >= 11 is 5.87. The van der Waals surface area contributed by atoms with E-state index in [1.165, 1.54) is 0 Å². The molecule has 0 saturated carbocycles. The zero-order chi connectivity index (χ0) is 19.3. The van der Waals surface area contributed by atoms with Crippen LogP contribution in [0.2, 0.25) is 5.02 Å². The number of carbonyl (C=O) groups excluding carboxylic acids is 2. The molecule has 2 aromatic carbocycles. The summed E-state index contributed by atoms with van der Waals surface area (Å²) in [6, 6.07) is 10.3. The molecule has 1 aliphatic heterocycles. The Balaban J connectivity index is 1.77. The molecule has 3 aromatic rings. The number of hydrogen-bond donors (Lipinski definition) is 1. The Bertz CT molecular complexity index is 1080. The molecule has 0 radical (unpaired) electrons. The predicted molar refractivity (Wildman–Crippen MR) is 104 cm³/mol. The van der Waals surface area contributed by atoms with Crippen LogP contribution < -0.4 is 10.1 Å². The minimum atomic E-state index is -0.551. The number of carbonyl (C=O) groups is 2. The Kier molecular flexibility index (Phi) is 4.00. The van der Waals surface area contributed by atoms with Crippen LogP contribution in [-0.2, 0) is 0 Å². The molecule has 0 saturated heterocycles. The van der Waals surface area contributed by atoms with Crippen LogP contribution in [0.15, 0.2) is 40.8 Å². The summed E-state index contributed by atoms with van der Waals surface area (Å²) in [4.78, 5) is 25.4. The van der Waals surface area contributed by atoms with E-state index in [-0.39, 0.29) is 23.9 Å². The van der Waals surface area contributed by atoms with Gasteiger partial charge in [0.25, 0.3) is 5.91 Å². The molecule has 0 bridgehead atoms. The van der Waals surface area contributed by atoms with E-state index in [0.29, 0.717) is 38.6 Å². The van der Waals surface area contributed by atoms with Crippen molar-refractivity contribution in [3.63, 3.8) is 0 Å². The zero-order valence-corrected chi connectivity index (χ0v) is 15.9. The average Bonchev–Trinajstić information content (AvgIpc) is 2.93. The molecule has 6 heteroatoms. The van der Waals surface area contributed by atoms with Crippen molar-refractivity contribution in [2.24, 2.45) is 0 Å². The zero-order valence-electron chi connectivity index (χ0n) is 15.2. The number of anilines is 1. The van der Waals surface area contributed by atoms with Crippen LogP contribution in [-0.4, -0.2) is 17.3 Å². The van der Waals surface area contributed by atoms with E-state index in [0.717, 1.165) is 0 Å². The van der Waals surface area contributed by atoms with E-state index < -0.39 is 5.60 Å². The first-order chi connectivity index (χ1) is 12.7. The lowest BCUT2D eigenvalue weighted by Crippen LogP contribution is -2.35. The van der Waals surface area contributed by atoms with Gasteiger partial charge in [-0.2, -0.15) is 0 Å². The summed E-state index contributed by atoms with van der Waals surface area (Å²) in [7, 11) is 0. The van der Waals surface area contributed by atoms with Crippen molar-refractivity contribution in [2.45, 2.75) is 32.8 Å². The highest BCUT2D eigenvalue weighted by molar-refractivity contribution is 6.30. The number of furan rings is 1. The number of ketones is 1. The van der Waals surface area contributed by atoms with Crippen molar-refractivity contribution in [2.75, 3.05) is 5.32 Å². The van der Waals surface area contributed by atoms with E-state index >= 15 is 0 Å². The highest BCUT2D eigenvalue weighted by Gasteiger charge is 2.35. The van der Waals surface area contributed by atoms with Crippen molar-refractivity contribution in [1.82, 2.24) is 0 Å². The largest absolute Gasteiger partial charge is 0.487 e. The monoisotopic (exact) mass is 383 g/mol. The lowest BCUT2D eigenvalue weighted by atomic mass is 9.90. The molecule has 138 valence electrons. The second-order valence-corrected chi connectivity index (χ2v) is 7.73. The van der Waals surface area contributed by atoms with Crippen LogP contribution in [0.4, 0.5) is 5.69 Å². The van der Waals surface area contributed by atoms with Crippen molar-refractivity contribution in [1.29, 1.82) is 0 Å². The Morgan fingerprint density at radius 1 is 1.15 bits per heavy atom. The van der Waals surface area contributed by atoms with Crippen molar-refractivity contribution >= 4 is 39.9 Å². The lowest BCUT2D eigenvalue weighted by Gasteiger charge is -2.31. The first-order valence-electron chi connectivity index (χ1n) is 8.60. The topological polar surface area (TPSA) is 68.5 Å². The molecule has 27 heavy (non-hydrogen) atoms. The molecule has 0 fully saturated rings.